The van der Waals surface area contributed by atoms with Crippen LogP contribution in [0.3, 0.4) is 0 Å². The van der Waals surface area contributed by atoms with Crippen LogP contribution in [0.2, 0.25) is 0 Å². The number of anilines is 2. The lowest BCUT2D eigenvalue weighted by molar-refractivity contribution is -0.143. The van der Waals surface area contributed by atoms with Gasteiger partial charge in [-0.05, 0) is 55.5 Å². The van der Waals surface area contributed by atoms with E-state index >= 15 is 0 Å². The van der Waals surface area contributed by atoms with Crippen LogP contribution >= 0.6 is 0 Å². The largest absolute Gasteiger partial charge is 0.416 e. The molecular weight excluding hydrogens is 554 g/mol. The number of carbonyl (C=O) groups is 1. The lowest BCUT2D eigenvalue weighted by Crippen LogP contribution is -2.39. The van der Waals surface area contributed by atoms with Crippen molar-refractivity contribution in [2.75, 3.05) is 30.9 Å². The Morgan fingerprint density at radius 1 is 1.05 bits per heavy atom. The highest BCUT2D eigenvalue weighted by Gasteiger charge is 2.37. The maximum absolute atomic E-state index is 13.5. The van der Waals surface area contributed by atoms with E-state index in [1.165, 1.54) is 30.7 Å². The Kier molecular flexibility index (Phi) is 9.39. The number of hydrogen-bond acceptors (Lipinski definition) is 6. The molecule has 1 aliphatic rings. The summed E-state index contributed by atoms with van der Waals surface area (Å²) in [6.45, 7) is 2.60. The molecule has 0 bridgehead atoms. The van der Waals surface area contributed by atoms with E-state index in [9.17, 15) is 31.1 Å². The van der Waals surface area contributed by atoms with E-state index in [1.54, 1.807) is 13.1 Å². The SMILES string of the molecule is CN/N=C(\N)N(Cc1cc(C(F)(F)F)cc(C(F)(F)F)c1)Cc1cc(C(C)=N)c(NC)nc1N(CC1CC1)C(C)=O. The summed E-state index contributed by atoms with van der Waals surface area (Å²) in [7, 11) is 3.03. The highest BCUT2D eigenvalue weighted by atomic mass is 19.4. The van der Waals surface area contributed by atoms with Crippen LogP contribution in [0.4, 0.5) is 38.0 Å². The van der Waals surface area contributed by atoms with Gasteiger partial charge in [-0.2, -0.15) is 26.3 Å². The first-order chi connectivity index (χ1) is 19.0. The van der Waals surface area contributed by atoms with Gasteiger partial charge in [0.05, 0.1) is 11.1 Å². The Morgan fingerprint density at radius 2 is 1.63 bits per heavy atom. The van der Waals surface area contributed by atoms with Crippen molar-refractivity contribution in [3.63, 3.8) is 0 Å². The van der Waals surface area contributed by atoms with Crippen LogP contribution in [-0.2, 0) is 30.2 Å². The molecule has 1 fully saturated rings. The minimum atomic E-state index is -5.02. The molecule has 15 heteroatoms. The molecule has 1 heterocycles. The molecule has 1 saturated carbocycles. The Hall–Kier alpha value is -4.04. The molecule has 9 nitrogen and oxygen atoms in total. The predicted octanol–water partition coefficient (Wildman–Crippen LogP) is 4.76. The van der Waals surface area contributed by atoms with Crippen molar-refractivity contribution >= 4 is 29.2 Å². The van der Waals surface area contributed by atoms with Gasteiger partial charge in [0, 0.05) is 57.5 Å². The van der Waals surface area contributed by atoms with Crippen molar-refractivity contribution in [1.29, 1.82) is 5.41 Å². The summed E-state index contributed by atoms with van der Waals surface area (Å²) in [5.74, 6) is 0.305. The second kappa shape index (κ2) is 12.2. The highest BCUT2D eigenvalue weighted by molar-refractivity contribution is 6.02. The van der Waals surface area contributed by atoms with Gasteiger partial charge in [0.1, 0.15) is 11.6 Å². The molecule has 0 unspecified atom stereocenters. The number of hydrazone groups is 1. The van der Waals surface area contributed by atoms with Gasteiger partial charge in [-0.1, -0.05) is 0 Å². The average Bonchev–Trinajstić information content (AvgIpc) is 3.69. The minimum absolute atomic E-state index is 0.0547. The molecule has 2 aromatic rings. The number of aromatic nitrogens is 1. The van der Waals surface area contributed by atoms with E-state index in [0.29, 0.717) is 35.6 Å². The van der Waals surface area contributed by atoms with E-state index in [1.807, 2.05) is 0 Å². The Bertz CT molecular complexity index is 1290. The van der Waals surface area contributed by atoms with Gasteiger partial charge >= 0.3 is 12.4 Å². The molecule has 0 aliphatic heterocycles. The fraction of sp³-hybridized carbons (Fsp3) is 0.462. The molecule has 5 N–H and O–H groups in total. The average molecular weight is 587 g/mol. The molecule has 0 radical (unpaired) electrons. The number of amides is 1. The van der Waals surface area contributed by atoms with E-state index in [2.05, 4.69) is 20.8 Å². The van der Waals surface area contributed by atoms with Crippen molar-refractivity contribution in [2.24, 2.45) is 16.8 Å². The maximum atomic E-state index is 13.5. The quantitative estimate of drug-likeness (QED) is 0.138. The lowest BCUT2D eigenvalue weighted by Gasteiger charge is -2.29. The van der Waals surface area contributed by atoms with E-state index in [4.69, 9.17) is 11.1 Å². The lowest BCUT2D eigenvalue weighted by atomic mass is 10.0. The summed E-state index contributed by atoms with van der Waals surface area (Å²) in [5.41, 5.74) is 6.26. The second-order valence-electron chi connectivity index (χ2n) is 9.78. The van der Waals surface area contributed by atoms with Crippen LogP contribution in [-0.4, -0.2) is 48.1 Å². The van der Waals surface area contributed by atoms with Gasteiger partial charge in [0.2, 0.25) is 11.9 Å². The van der Waals surface area contributed by atoms with E-state index in [-0.39, 0.29) is 47.5 Å². The van der Waals surface area contributed by atoms with Gasteiger partial charge in [0.25, 0.3) is 0 Å². The number of halogens is 6. The summed E-state index contributed by atoms with van der Waals surface area (Å²) in [5, 5.41) is 15.0. The van der Waals surface area contributed by atoms with Crippen LogP contribution < -0.4 is 21.4 Å². The summed E-state index contributed by atoms with van der Waals surface area (Å²) in [6.07, 6.45) is -8.18. The number of nitrogens with zero attached hydrogens (tertiary/aromatic N) is 4. The molecule has 224 valence electrons. The number of pyridine rings is 1. The molecule has 1 amide bonds. The fourth-order valence-corrected chi connectivity index (χ4v) is 4.23. The van der Waals surface area contributed by atoms with Crippen molar-refractivity contribution in [1.82, 2.24) is 15.3 Å². The highest BCUT2D eigenvalue weighted by Crippen LogP contribution is 2.37. The molecule has 0 atom stereocenters. The third kappa shape index (κ3) is 8.01. The fourth-order valence-electron chi connectivity index (χ4n) is 4.23. The first-order valence-electron chi connectivity index (χ1n) is 12.6. The minimum Gasteiger partial charge on any atom is -0.373 e. The normalized spacial score (nSPS) is 14.0. The number of alkyl halides is 6. The van der Waals surface area contributed by atoms with Crippen LogP contribution in [0.1, 0.15) is 54.5 Å². The number of carbonyl (C=O) groups excluding carboxylic acids is 1. The summed E-state index contributed by atoms with van der Waals surface area (Å²) >= 11 is 0. The summed E-state index contributed by atoms with van der Waals surface area (Å²) in [4.78, 5) is 20.0. The van der Waals surface area contributed by atoms with Crippen molar-refractivity contribution in [3.8, 4) is 0 Å². The monoisotopic (exact) mass is 586 g/mol. The summed E-state index contributed by atoms with van der Waals surface area (Å²) < 4.78 is 81.0. The summed E-state index contributed by atoms with van der Waals surface area (Å²) in [6, 6.07) is 2.91. The van der Waals surface area contributed by atoms with E-state index < -0.39 is 30.0 Å². The zero-order chi connectivity index (χ0) is 30.7. The second-order valence-corrected chi connectivity index (χ2v) is 9.78. The van der Waals surface area contributed by atoms with Crippen LogP contribution in [0, 0.1) is 11.3 Å². The number of rotatable bonds is 10. The van der Waals surface area contributed by atoms with Gasteiger partial charge < -0.3 is 26.8 Å². The van der Waals surface area contributed by atoms with Gasteiger partial charge in [-0.3, -0.25) is 9.69 Å². The molecule has 0 spiro atoms. The smallest absolute Gasteiger partial charge is 0.373 e. The number of benzene rings is 1. The topological polar surface area (TPSA) is 123 Å². The van der Waals surface area contributed by atoms with Crippen LogP contribution in [0.15, 0.2) is 29.4 Å². The van der Waals surface area contributed by atoms with Gasteiger partial charge in [-0.25, -0.2) is 4.98 Å². The molecular formula is C26H32F6N8O. The first kappa shape index (κ1) is 31.5. The molecule has 1 aromatic heterocycles. The molecule has 0 saturated heterocycles. The maximum Gasteiger partial charge on any atom is 0.416 e. The van der Waals surface area contributed by atoms with Crippen molar-refractivity contribution in [3.05, 3.63) is 52.1 Å². The Balaban J connectivity index is 2.16. The Labute approximate surface area is 233 Å². The van der Waals surface area contributed by atoms with Crippen molar-refractivity contribution in [2.45, 2.75) is 52.1 Å². The molecule has 3 rings (SSSR count). The predicted molar refractivity (Wildman–Crippen MR) is 143 cm³/mol. The molecule has 41 heavy (non-hydrogen) atoms. The van der Waals surface area contributed by atoms with Crippen LogP contribution in [0.25, 0.3) is 0 Å². The van der Waals surface area contributed by atoms with Gasteiger partial charge in [0.15, 0.2) is 0 Å². The molecule has 1 aromatic carbocycles. The number of nitrogens with two attached hydrogens (primary N) is 1. The number of nitrogens with one attached hydrogen (secondary N) is 3. The third-order valence-electron chi connectivity index (χ3n) is 6.43. The first-order valence-corrected chi connectivity index (χ1v) is 12.6. The van der Waals surface area contributed by atoms with Gasteiger partial charge in [-0.15, -0.1) is 5.10 Å². The molecule has 1 aliphatic carbocycles. The Morgan fingerprint density at radius 3 is 2.07 bits per heavy atom. The zero-order valence-corrected chi connectivity index (χ0v) is 23.0. The number of hydrogen-bond donors (Lipinski definition) is 4. The zero-order valence-electron chi connectivity index (χ0n) is 23.0. The standard InChI is InChI=1S/C26H32F6N8O/c1-14(33)21-9-18(23(37-22(21)35-3)40(15(2)41)12-16-5-6-16)13-39(24(34)38-36-4)11-17-7-19(25(27,28)29)10-20(8-17)26(30,31)32/h7-10,16,33,36H,5-6,11-13H2,1-4H3,(H2,34,38)(H,35,37). The number of guanidine groups is 1. The van der Waals surface area contributed by atoms with Crippen molar-refractivity contribution < 1.29 is 31.1 Å². The van der Waals surface area contributed by atoms with E-state index in [0.717, 1.165) is 12.8 Å². The van der Waals surface area contributed by atoms with Crippen LogP contribution in [0.5, 0.6) is 0 Å². The third-order valence-corrected chi connectivity index (χ3v) is 6.43.